The molecule has 0 aliphatic carbocycles. The molecule has 0 spiro atoms. The number of halogens is 2. The zero-order chi connectivity index (χ0) is 24.2. The van der Waals surface area contributed by atoms with Gasteiger partial charge in [0.25, 0.3) is 11.8 Å². The number of anilines is 2. The van der Waals surface area contributed by atoms with E-state index < -0.39 is 17.8 Å². The standard InChI is InChI=1S/C25H25Cl2N3O3/c1-13-8-21-17(14(2)12-25(3,4)29(21)5)9-15(13)10-18-22(31)28-24(33)30(23(18)32)20-7-6-16(26)11-19(20)27/h6-11,14H,12H2,1-5H3,(H,28,31,33)/b18-10+/t14-/m0/s1. The van der Waals surface area contributed by atoms with E-state index in [0.29, 0.717) is 10.9 Å². The number of urea groups is 1. The zero-order valence-corrected chi connectivity index (χ0v) is 20.6. The molecule has 2 heterocycles. The van der Waals surface area contributed by atoms with Crippen LogP contribution in [0.15, 0.2) is 35.9 Å². The van der Waals surface area contributed by atoms with E-state index in [1.807, 2.05) is 13.0 Å². The number of imide groups is 2. The molecular weight excluding hydrogens is 461 g/mol. The van der Waals surface area contributed by atoms with E-state index >= 15 is 0 Å². The summed E-state index contributed by atoms with van der Waals surface area (Å²) in [6, 6.07) is 7.70. The first kappa shape index (κ1) is 23.3. The molecule has 0 bridgehead atoms. The van der Waals surface area contributed by atoms with Crippen molar-refractivity contribution in [2.45, 2.75) is 45.6 Å². The number of carbonyl (C=O) groups is 3. The molecule has 172 valence electrons. The molecule has 6 nitrogen and oxygen atoms in total. The lowest BCUT2D eigenvalue weighted by Gasteiger charge is -2.45. The summed E-state index contributed by atoms with van der Waals surface area (Å²) in [5, 5.41) is 2.73. The summed E-state index contributed by atoms with van der Waals surface area (Å²) < 4.78 is 0. The van der Waals surface area contributed by atoms with E-state index in [1.165, 1.54) is 18.2 Å². The van der Waals surface area contributed by atoms with Crippen molar-refractivity contribution in [2.24, 2.45) is 0 Å². The molecule has 1 fully saturated rings. The summed E-state index contributed by atoms with van der Waals surface area (Å²) >= 11 is 12.2. The van der Waals surface area contributed by atoms with E-state index in [9.17, 15) is 14.4 Å². The predicted octanol–water partition coefficient (Wildman–Crippen LogP) is 5.69. The Morgan fingerprint density at radius 1 is 1.09 bits per heavy atom. The largest absolute Gasteiger partial charge is 0.369 e. The molecule has 2 aliphatic heterocycles. The Morgan fingerprint density at radius 3 is 2.45 bits per heavy atom. The molecule has 33 heavy (non-hydrogen) atoms. The number of aryl methyl sites for hydroxylation is 1. The van der Waals surface area contributed by atoms with Gasteiger partial charge in [-0.15, -0.1) is 0 Å². The molecule has 2 aromatic rings. The minimum Gasteiger partial charge on any atom is -0.369 e. The van der Waals surface area contributed by atoms with Crippen molar-refractivity contribution in [2.75, 3.05) is 16.8 Å². The minimum absolute atomic E-state index is 0.0246. The van der Waals surface area contributed by atoms with Crippen LogP contribution in [0.5, 0.6) is 0 Å². The van der Waals surface area contributed by atoms with Crippen molar-refractivity contribution in [1.29, 1.82) is 0 Å². The van der Waals surface area contributed by atoms with Crippen LogP contribution in [0.3, 0.4) is 0 Å². The van der Waals surface area contributed by atoms with E-state index in [0.717, 1.165) is 33.7 Å². The molecule has 2 aromatic carbocycles. The molecule has 2 aliphatic rings. The Morgan fingerprint density at radius 2 is 1.79 bits per heavy atom. The van der Waals surface area contributed by atoms with Gasteiger partial charge in [-0.05, 0) is 86.2 Å². The summed E-state index contributed by atoms with van der Waals surface area (Å²) in [4.78, 5) is 41.5. The smallest absolute Gasteiger partial charge is 0.335 e. The molecule has 1 N–H and O–H groups in total. The topological polar surface area (TPSA) is 69.7 Å². The fourth-order valence-corrected chi connectivity index (χ4v) is 5.08. The lowest BCUT2D eigenvalue weighted by atomic mass is 9.79. The van der Waals surface area contributed by atoms with E-state index in [1.54, 1.807) is 6.08 Å². The lowest BCUT2D eigenvalue weighted by molar-refractivity contribution is -0.122. The predicted molar refractivity (Wildman–Crippen MR) is 132 cm³/mol. The van der Waals surface area contributed by atoms with Crippen LogP contribution in [-0.4, -0.2) is 30.4 Å². The van der Waals surface area contributed by atoms with Gasteiger partial charge in [-0.3, -0.25) is 14.9 Å². The van der Waals surface area contributed by atoms with Gasteiger partial charge in [0, 0.05) is 23.3 Å². The number of benzene rings is 2. The van der Waals surface area contributed by atoms with Crippen LogP contribution >= 0.6 is 23.2 Å². The molecule has 1 atom stereocenters. The summed E-state index contributed by atoms with van der Waals surface area (Å²) in [6.07, 6.45) is 2.52. The number of nitrogens with one attached hydrogen (secondary N) is 1. The van der Waals surface area contributed by atoms with Crippen molar-refractivity contribution < 1.29 is 14.4 Å². The maximum atomic E-state index is 13.3. The van der Waals surface area contributed by atoms with Crippen LogP contribution in [0.1, 0.15) is 49.8 Å². The summed E-state index contributed by atoms with van der Waals surface area (Å²) in [5.41, 5.74) is 4.02. The molecule has 0 unspecified atom stereocenters. The van der Waals surface area contributed by atoms with Gasteiger partial charge in [0.2, 0.25) is 0 Å². The molecule has 4 rings (SSSR count). The minimum atomic E-state index is -0.856. The van der Waals surface area contributed by atoms with Gasteiger partial charge in [0.15, 0.2) is 0 Å². The number of amides is 4. The first-order chi connectivity index (χ1) is 15.4. The van der Waals surface area contributed by atoms with Crippen LogP contribution in [0.4, 0.5) is 16.2 Å². The van der Waals surface area contributed by atoms with Gasteiger partial charge < -0.3 is 4.90 Å². The van der Waals surface area contributed by atoms with Crippen molar-refractivity contribution in [3.8, 4) is 0 Å². The molecule has 8 heteroatoms. The molecule has 0 aromatic heterocycles. The average Bonchev–Trinajstić information content (AvgIpc) is 2.71. The van der Waals surface area contributed by atoms with Gasteiger partial charge in [-0.25, -0.2) is 9.69 Å². The van der Waals surface area contributed by atoms with Crippen molar-refractivity contribution in [3.63, 3.8) is 0 Å². The van der Waals surface area contributed by atoms with Gasteiger partial charge in [-0.1, -0.05) is 30.1 Å². The third-order valence-electron chi connectivity index (χ3n) is 6.57. The van der Waals surface area contributed by atoms with Crippen LogP contribution in [-0.2, 0) is 9.59 Å². The monoisotopic (exact) mass is 485 g/mol. The van der Waals surface area contributed by atoms with Crippen LogP contribution in [0.2, 0.25) is 10.0 Å². The van der Waals surface area contributed by atoms with Crippen LogP contribution in [0, 0.1) is 6.92 Å². The molecule has 0 radical (unpaired) electrons. The SMILES string of the molecule is Cc1cc2c(cc1/C=C1\C(=O)NC(=O)N(c3ccc(Cl)cc3Cl)C1=O)[C@@H](C)CC(C)(C)N2C. The summed E-state index contributed by atoms with van der Waals surface area (Å²) in [7, 11) is 2.08. The second kappa shape index (κ2) is 8.19. The van der Waals surface area contributed by atoms with Gasteiger partial charge >= 0.3 is 6.03 Å². The highest BCUT2D eigenvalue weighted by Gasteiger charge is 2.38. The maximum absolute atomic E-state index is 13.3. The van der Waals surface area contributed by atoms with Crippen LogP contribution in [0.25, 0.3) is 6.08 Å². The summed E-state index contributed by atoms with van der Waals surface area (Å²) in [6.45, 7) is 8.56. The lowest BCUT2D eigenvalue weighted by Crippen LogP contribution is -2.54. The fraction of sp³-hybridized carbons (Fsp3) is 0.320. The molecule has 1 saturated heterocycles. The fourth-order valence-electron chi connectivity index (χ4n) is 4.58. The first-order valence-corrected chi connectivity index (χ1v) is 11.4. The normalized spacial score (nSPS) is 21.4. The Hall–Kier alpha value is -2.83. The molecule has 4 amide bonds. The van der Waals surface area contributed by atoms with Gasteiger partial charge in [0.05, 0.1) is 10.7 Å². The number of hydrogen-bond donors (Lipinski definition) is 1. The highest BCUT2D eigenvalue weighted by molar-refractivity contribution is 6.42. The molecular formula is C25H25Cl2N3O3. The van der Waals surface area contributed by atoms with Gasteiger partial charge in [-0.2, -0.15) is 0 Å². The number of fused-ring (bicyclic) bond motifs is 1. The second-order valence-corrected chi connectivity index (χ2v) is 10.1. The Labute approximate surface area is 203 Å². The number of barbiturate groups is 1. The Bertz CT molecular complexity index is 1240. The van der Waals surface area contributed by atoms with Crippen molar-refractivity contribution in [1.82, 2.24) is 5.32 Å². The zero-order valence-electron chi connectivity index (χ0n) is 19.1. The highest BCUT2D eigenvalue weighted by Crippen LogP contribution is 2.43. The quantitative estimate of drug-likeness (QED) is 0.438. The maximum Gasteiger partial charge on any atom is 0.335 e. The third-order valence-corrected chi connectivity index (χ3v) is 7.11. The van der Waals surface area contributed by atoms with E-state index in [2.05, 4.69) is 44.1 Å². The van der Waals surface area contributed by atoms with E-state index in [4.69, 9.17) is 23.2 Å². The Balaban J connectivity index is 1.78. The highest BCUT2D eigenvalue weighted by atomic mass is 35.5. The Kier molecular flexibility index (Phi) is 5.79. The average molecular weight is 486 g/mol. The number of hydrogen-bond acceptors (Lipinski definition) is 4. The summed E-state index contributed by atoms with van der Waals surface area (Å²) in [5.74, 6) is -1.17. The van der Waals surface area contributed by atoms with Gasteiger partial charge in [0.1, 0.15) is 5.57 Å². The number of nitrogens with zero attached hydrogens (tertiary/aromatic N) is 2. The molecule has 0 saturated carbocycles. The number of carbonyl (C=O) groups excluding carboxylic acids is 3. The second-order valence-electron chi connectivity index (χ2n) is 9.30. The first-order valence-electron chi connectivity index (χ1n) is 10.7. The van der Waals surface area contributed by atoms with Crippen LogP contribution < -0.4 is 15.1 Å². The number of rotatable bonds is 2. The van der Waals surface area contributed by atoms with E-state index in [-0.39, 0.29) is 21.8 Å². The van der Waals surface area contributed by atoms with Crippen molar-refractivity contribution >= 4 is 58.5 Å². The van der Waals surface area contributed by atoms with Crippen molar-refractivity contribution in [3.05, 3.63) is 62.6 Å². The third kappa shape index (κ3) is 4.02.